The number of nitrogens with zero attached hydrogens (tertiary/aromatic N) is 2. The summed E-state index contributed by atoms with van der Waals surface area (Å²) in [6, 6.07) is 6.77. The van der Waals surface area contributed by atoms with Crippen molar-refractivity contribution in [2.45, 2.75) is 44.0 Å². The van der Waals surface area contributed by atoms with Crippen molar-refractivity contribution in [1.29, 1.82) is 0 Å². The summed E-state index contributed by atoms with van der Waals surface area (Å²) in [6.45, 7) is 0.690. The first-order chi connectivity index (χ1) is 11.2. The molecule has 4 rings (SSSR count). The minimum Gasteiger partial charge on any atom is -0.347 e. The van der Waals surface area contributed by atoms with Crippen LogP contribution in [0.15, 0.2) is 29.4 Å². The average molecular weight is 315 g/mol. The van der Waals surface area contributed by atoms with E-state index in [4.69, 9.17) is 9.47 Å². The maximum Gasteiger partial charge on any atom is 0.445 e. The van der Waals surface area contributed by atoms with Crippen molar-refractivity contribution in [3.63, 3.8) is 0 Å². The third kappa shape index (κ3) is 2.62. The number of amides is 2. The van der Waals surface area contributed by atoms with Gasteiger partial charge < -0.3 is 9.47 Å². The number of hydrogen-bond donors (Lipinski definition) is 0. The Morgan fingerprint density at radius 3 is 2.65 bits per heavy atom. The van der Waals surface area contributed by atoms with Crippen LogP contribution in [0.25, 0.3) is 0 Å². The maximum absolute atomic E-state index is 12.5. The largest absolute Gasteiger partial charge is 0.445 e. The SMILES string of the molecule is O=C1N=[N+](CC2COC3(CCCCC3)O2)C(=O)c2ccccc21. The Morgan fingerprint density at radius 1 is 1.13 bits per heavy atom. The molecule has 1 aliphatic carbocycles. The molecule has 0 radical (unpaired) electrons. The molecule has 1 unspecified atom stereocenters. The molecule has 120 valence electrons. The lowest BCUT2D eigenvalue weighted by Gasteiger charge is -2.31. The zero-order valence-electron chi connectivity index (χ0n) is 12.9. The van der Waals surface area contributed by atoms with Crippen LogP contribution in [0.1, 0.15) is 52.8 Å². The Morgan fingerprint density at radius 2 is 1.87 bits per heavy atom. The highest BCUT2D eigenvalue weighted by atomic mass is 16.7. The zero-order chi connectivity index (χ0) is 15.9. The Hall–Kier alpha value is -1.92. The number of hydrogen-bond acceptors (Lipinski definition) is 4. The van der Waals surface area contributed by atoms with Gasteiger partial charge in [-0.3, -0.25) is 4.79 Å². The monoisotopic (exact) mass is 315 g/mol. The fraction of sp³-hybridized carbons (Fsp3) is 0.529. The molecule has 23 heavy (non-hydrogen) atoms. The van der Waals surface area contributed by atoms with Crippen LogP contribution in [0.4, 0.5) is 0 Å². The number of carbonyl (C=O) groups excluding carboxylic acids is 2. The summed E-state index contributed by atoms with van der Waals surface area (Å²) in [4.78, 5) is 24.6. The maximum atomic E-state index is 12.5. The second-order valence-electron chi connectivity index (χ2n) is 6.36. The number of benzene rings is 1. The molecule has 0 bridgehead atoms. The van der Waals surface area contributed by atoms with Crippen molar-refractivity contribution >= 4 is 11.8 Å². The van der Waals surface area contributed by atoms with Crippen LogP contribution in [0.2, 0.25) is 0 Å². The van der Waals surface area contributed by atoms with Gasteiger partial charge in [-0.2, -0.15) is 0 Å². The highest BCUT2D eigenvalue weighted by molar-refractivity contribution is 6.06. The highest BCUT2D eigenvalue weighted by Crippen LogP contribution is 2.37. The zero-order valence-corrected chi connectivity index (χ0v) is 12.9. The normalized spacial score (nSPS) is 26.3. The van der Waals surface area contributed by atoms with Crippen LogP contribution < -0.4 is 0 Å². The van der Waals surface area contributed by atoms with Gasteiger partial charge in [-0.1, -0.05) is 18.6 Å². The quantitative estimate of drug-likeness (QED) is 0.787. The summed E-state index contributed by atoms with van der Waals surface area (Å²) in [7, 11) is 0. The molecule has 1 saturated carbocycles. The molecular formula is C17H19N2O4+. The molecule has 1 aromatic carbocycles. The minimum absolute atomic E-state index is 0.237. The summed E-state index contributed by atoms with van der Waals surface area (Å²) in [5.74, 6) is -1.12. The Kier molecular flexibility index (Phi) is 3.58. The van der Waals surface area contributed by atoms with Gasteiger partial charge in [-0.05, 0) is 29.7 Å². The Bertz CT molecular complexity index is 692. The molecule has 6 nitrogen and oxygen atoms in total. The van der Waals surface area contributed by atoms with Crippen molar-refractivity contribution in [1.82, 2.24) is 0 Å². The molecule has 1 spiro atoms. The molecule has 2 heterocycles. The summed E-state index contributed by atoms with van der Waals surface area (Å²) >= 11 is 0. The molecule has 2 amide bonds. The number of fused-ring (bicyclic) bond motifs is 1. The number of rotatable bonds is 2. The van der Waals surface area contributed by atoms with Crippen molar-refractivity contribution in [2.75, 3.05) is 13.2 Å². The van der Waals surface area contributed by atoms with Gasteiger partial charge in [0.15, 0.2) is 5.79 Å². The molecule has 1 atom stereocenters. The molecule has 1 saturated heterocycles. The number of azo groups is 2. The van der Waals surface area contributed by atoms with E-state index in [1.807, 2.05) is 0 Å². The van der Waals surface area contributed by atoms with Crippen LogP contribution in [-0.2, 0) is 9.47 Å². The lowest BCUT2D eigenvalue weighted by molar-refractivity contribution is -0.504. The van der Waals surface area contributed by atoms with Crippen LogP contribution in [0, 0.1) is 0 Å². The van der Waals surface area contributed by atoms with Crippen LogP contribution in [0.5, 0.6) is 0 Å². The van der Waals surface area contributed by atoms with Crippen LogP contribution in [0.3, 0.4) is 0 Å². The van der Waals surface area contributed by atoms with Crippen LogP contribution in [-0.4, -0.2) is 41.6 Å². The molecule has 3 aliphatic rings. The fourth-order valence-electron chi connectivity index (χ4n) is 3.58. The lowest BCUT2D eigenvalue weighted by atomic mass is 9.94. The first-order valence-corrected chi connectivity index (χ1v) is 8.16. The van der Waals surface area contributed by atoms with E-state index in [0.29, 0.717) is 17.7 Å². The van der Waals surface area contributed by atoms with Crippen molar-refractivity contribution < 1.29 is 23.8 Å². The van der Waals surface area contributed by atoms with Gasteiger partial charge in [-0.15, -0.1) is 0 Å². The van der Waals surface area contributed by atoms with Crippen molar-refractivity contribution in [2.24, 2.45) is 5.11 Å². The van der Waals surface area contributed by atoms with E-state index in [1.165, 1.54) is 11.1 Å². The molecule has 2 fully saturated rings. The van der Waals surface area contributed by atoms with E-state index in [0.717, 1.165) is 25.7 Å². The second kappa shape index (κ2) is 5.62. The first-order valence-electron chi connectivity index (χ1n) is 8.16. The van der Waals surface area contributed by atoms with Gasteiger partial charge in [0, 0.05) is 18.0 Å². The van der Waals surface area contributed by atoms with Gasteiger partial charge in [-0.25, -0.2) is 4.79 Å². The van der Waals surface area contributed by atoms with Crippen LogP contribution >= 0.6 is 0 Å². The Labute approximate surface area is 134 Å². The lowest BCUT2D eigenvalue weighted by Crippen LogP contribution is -2.37. The van der Waals surface area contributed by atoms with Crippen molar-refractivity contribution in [3.05, 3.63) is 35.4 Å². The number of ether oxygens (including phenoxy) is 2. The number of carbonyl (C=O) groups is 2. The van der Waals surface area contributed by atoms with Gasteiger partial charge in [0.05, 0.1) is 12.2 Å². The van der Waals surface area contributed by atoms with E-state index < -0.39 is 5.79 Å². The van der Waals surface area contributed by atoms with Gasteiger partial charge >= 0.3 is 11.8 Å². The van der Waals surface area contributed by atoms with Gasteiger partial charge in [0.2, 0.25) is 6.54 Å². The van der Waals surface area contributed by atoms with E-state index in [1.54, 1.807) is 24.3 Å². The molecule has 6 heteroatoms. The molecular weight excluding hydrogens is 296 g/mol. The fourth-order valence-corrected chi connectivity index (χ4v) is 3.58. The summed E-state index contributed by atoms with van der Waals surface area (Å²) in [5.41, 5.74) is 0.764. The average Bonchev–Trinajstić information content (AvgIpc) is 2.95. The Balaban J connectivity index is 1.50. The summed E-state index contributed by atoms with van der Waals surface area (Å²) < 4.78 is 13.2. The predicted octanol–water partition coefficient (Wildman–Crippen LogP) is 2.52. The second-order valence-corrected chi connectivity index (χ2v) is 6.36. The van der Waals surface area contributed by atoms with E-state index in [2.05, 4.69) is 5.11 Å². The summed E-state index contributed by atoms with van der Waals surface area (Å²) in [5, 5.41) is 3.91. The van der Waals surface area contributed by atoms with E-state index in [9.17, 15) is 9.59 Å². The molecule has 0 N–H and O–H groups in total. The summed E-state index contributed by atoms with van der Waals surface area (Å²) in [6.07, 6.45) is 4.98. The highest BCUT2D eigenvalue weighted by Gasteiger charge is 2.45. The molecule has 0 aromatic heterocycles. The minimum atomic E-state index is -0.482. The first kappa shape index (κ1) is 14.7. The van der Waals surface area contributed by atoms with E-state index in [-0.39, 0.29) is 24.5 Å². The van der Waals surface area contributed by atoms with Crippen molar-refractivity contribution in [3.8, 4) is 0 Å². The topological polar surface area (TPSA) is 68.0 Å². The predicted molar refractivity (Wildman–Crippen MR) is 79.3 cm³/mol. The van der Waals surface area contributed by atoms with E-state index >= 15 is 0 Å². The smallest absolute Gasteiger partial charge is 0.347 e. The third-order valence-corrected chi connectivity index (χ3v) is 4.74. The molecule has 1 aromatic rings. The third-order valence-electron chi connectivity index (χ3n) is 4.74. The standard InChI is InChI=1S/C17H19N2O4/c20-15-13-6-2-3-7-14(13)16(21)19(18-15)10-12-11-22-17(23-12)8-4-1-5-9-17/h2-3,6-7,12H,1,4-5,8-11H2/q+1. The van der Waals surface area contributed by atoms with Gasteiger partial charge in [0.25, 0.3) is 0 Å². The molecule has 2 aliphatic heterocycles. The van der Waals surface area contributed by atoms with Gasteiger partial charge in [0.1, 0.15) is 11.7 Å².